The number of pyridine rings is 1. The smallest absolute Gasteiger partial charge is 0.407 e. The number of fused-ring (bicyclic) bond motifs is 1. The summed E-state index contributed by atoms with van der Waals surface area (Å²) in [6, 6.07) is 5.90. The Labute approximate surface area is 205 Å². The first-order chi connectivity index (χ1) is 17.0. The summed E-state index contributed by atoms with van der Waals surface area (Å²) in [6.45, 7) is 5.77. The Morgan fingerprint density at radius 2 is 2.00 bits per heavy atom. The first-order valence-electron chi connectivity index (χ1n) is 11.5. The molecule has 1 saturated heterocycles. The summed E-state index contributed by atoms with van der Waals surface area (Å²) in [5.41, 5.74) is 0.869. The van der Waals surface area contributed by atoms with Crippen molar-refractivity contribution >= 4 is 23.5 Å². The summed E-state index contributed by atoms with van der Waals surface area (Å²) in [7, 11) is 0. The van der Waals surface area contributed by atoms with Crippen molar-refractivity contribution in [1.82, 2.24) is 19.6 Å². The molecule has 9 nitrogen and oxygen atoms in total. The topological polar surface area (TPSA) is 109 Å². The van der Waals surface area contributed by atoms with E-state index in [0.29, 0.717) is 11.3 Å². The molecule has 2 aliphatic rings. The van der Waals surface area contributed by atoms with Crippen LogP contribution in [0.5, 0.6) is 0 Å². The molecule has 2 aliphatic heterocycles. The minimum atomic E-state index is -1.05. The van der Waals surface area contributed by atoms with Gasteiger partial charge in [0.2, 0.25) is 0 Å². The third-order valence-electron chi connectivity index (χ3n) is 6.44. The third-order valence-corrected chi connectivity index (χ3v) is 6.44. The largest absolute Gasteiger partial charge is 0.465 e. The molecule has 188 valence electrons. The number of aryl methyl sites for hydroxylation is 1. The molecule has 0 spiro atoms. The van der Waals surface area contributed by atoms with Crippen molar-refractivity contribution in [3.8, 4) is 11.3 Å². The maximum atomic E-state index is 15.5. The number of morpholine rings is 1. The molecule has 0 radical (unpaired) electrons. The van der Waals surface area contributed by atoms with E-state index >= 15 is 8.78 Å². The van der Waals surface area contributed by atoms with E-state index < -0.39 is 35.3 Å². The van der Waals surface area contributed by atoms with Gasteiger partial charge >= 0.3 is 6.09 Å². The Morgan fingerprint density at radius 1 is 1.28 bits per heavy atom. The third kappa shape index (κ3) is 4.19. The number of carboxylic acid groups (broad SMARTS) is 1. The van der Waals surface area contributed by atoms with Crippen LogP contribution in [0.1, 0.15) is 30.7 Å². The number of aromatic nitrogens is 2. The number of halogens is 2. The lowest BCUT2D eigenvalue weighted by atomic mass is 10.0. The zero-order valence-electron chi connectivity index (χ0n) is 20.0. The van der Waals surface area contributed by atoms with Gasteiger partial charge in [-0.05, 0) is 50.6 Å². The molecule has 1 fully saturated rings. The Kier molecular flexibility index (Phi) is 5.74. The second-order valence-electron chi connectivity index (χ2n) is 9.60. The predicted molar refractivity (Wildman–Crippen MR) is 127 cm³/mol. The fraction of sp³-hybridized carbons (Fsp3) is 0.360. The summed E-state index contributed by atoms with van der Waals surface area (Å²) in [5.74, 6) is -2.04. The van der Waals surface area contributed by atoms with Gasteiger partial charge in [-0.25, -0.2) is 18.6 Å². The van der Waals surface area contributed by atoms with Crippen molar-refractivity contribution in [2.45, 2.75) is 38.8 Å². The van der Waals surface area contributed by atoms with Gasteiger partial charge in [0.15, 0.2) is 0 Å². The van der Waals surface area contributed by atoms with E-state index in [1.807, 2.05) is 13.0 Å². The molecule has 0 unspecified atom stereocenters. The van der Waals surface area contributed by atoms with Gasteiger partial charge < -0.3 is 24.5 Å². The molecule has 1 atom stereocenters. The van der Waals surface area contributed by atoms with E-state index in [1.165, 1.54) is 4.90 Å². The van der Waals surface area contributed by atoms with Gasteiger partial charge in [0, 0.05) is 24.7 Å². The highest BCUT2D eigenvalue weighted by Crippen LogP contribution is 2.32. The van der Waals surface area contributed by atoms with Gasteiger partial charge in [-0.3, -0.25) is 4.79 Å². The standard InChI is InChI=1S/C25H25F2N5O4/c1-13-4-5-32-18(11-15-12-31(24(34)35)6-7-36-15)21(28-19(32)8-13)20-16(26)9-14(10-17(20)27)22-29-23(33)25(2,3)30-22/h4-5,8-10,15H,6-7,11-12H2,1-3H3,(H,34,35)(H,29,30,33)/t15-/m0/s1. The number of aliphatic imine (C=N–C) groups is 1. The number of amidine groups is 1. The summed E-state index contributed by atoms with van der Waals surface area (Å²) < 4.78 is 38.5. The molecule has 2 aromatic heterocycles. The minimum absolute atomic E-state index is 0.101. The van der Waals surface area contributed by atoms with Crippen molar-refractivity contribution in [3.05, 3.63) is 58.9 Å². The molecule has 3 aromatic rings. The summed E-state index contributed by atoms with van der Waals surface area (Å²) in [5, 5.41) is 12.3. The lowest BCUT2D eigenvalue weighted by molar-refractivity contribution is -0.121. The van der Waals surface area contributed by atoms with Crippen LogP contribution in [0.4, 0.5) is 13.6 Å². The van der Waals surface area contributed by atoms with E-state index in [4.69, 9.17) is 4.74 Å². The van der Waals surface area contributed by atoms with E-state index in [9.17, 15) is 14.7 Å². The van der Waals surface area contributed by atoms with Crippen LogP contribution in [0.15, 0.2) is 35.5 Å². The van der Waals surface area contributed by atoms with E-state index in [0.717, 1.165) is 17.7 Å². The first-order valence-corrected chi connectivity index (χ1v) is 11.5. The zero-order chi connectivity index (χ0) is 25.8. The quantitative estimate of drug-likeness (QED) is 0.573. The zero-order valence-corrected chi connectivity index (χ0v) is 20.0. The van der Waals surface area contributed by atoms with Crippen molar-refractivity contribution in [1.29, 1.82) is 0 Å². The normalized spacial score (nSPS) is 19.5. The molecule has 2 N–H and O–H groups in total. The maximum absolute atomic E-state index is 15.5. The summed E-state index contributed by atoms with van der Waals surface area (Å²) in [6.07, 6.45) is 0.408. The molecular weight excluding hydrogens is 472 g/mol. The first kappa shape index (κ1) is 23.9. The molecule has 5 rings (SSSR count). The average molecular weight is 498 g/mol. The highest BCUT2D eigenvalue weighted by Gasteiger charge is 2.36. The second-order valence-corrected chi connectivity index (χ2v) is 9.60. The van der Waals surface area contributed by atoms with Crippen LogP contribution in [-0.2, 0) is 16.0 Å². The van der Waals surface area contributed by atoms with E-state index in [-0.39, 0.29) is 48.8 Å². The number of ether oxygens (including phenoxy) is 1. The number of imidazole rings is 1. The Hall–Kier alpha value is -3.86. The number of nitrogens with one attached hydrogen (secondary N) is 1. The average Bonchev–Trinajstić information content (AvgIpc) is 3.28. The predicted octanol–water partition coefficient (Wildman–Crippen LogP) is 3.16. The highest BCUT2D eigenvalue weighted by atomic mass is 19.1. The van der Waals surface area contributed by atoms with Crippen molar-refractivity contribution in [2.75, 3.05) is 19.7 Å². The number of hydrogen-bond donors (Lipinski definition) is 2. The number of amides is 2. The number of benzene rings is 1. The lowest BCUT2D eigenvalue weighted by Gasteiger charge is -2.31. The number of nitrogens with zero attached hydrogens (tertiary/aromatic N) is 4. The van der Waals surface area contributed by atoms with Gasteiger partial charge in [0.25, 0.3) is 5.91 Å². The van der Waals surface area contributed by atoms with Crippen LogP contribution in [0.3, 0.4) is 0 Å². The second kappa shape index (κ2) is 8.66. The van der Waals surface area contributed by atoms with Crippen LogP contribution in [0.25, 0.3) is 16.9 Å². The van der Waals surface area contributed by atoms with Gasteiger partial charge in [-0.15, -0.1) is 0 Å². The van der Waals surface area contributed by atoms with E-state index in [1.54, 1.807) is 30.5 Å². The lowest BCUT2D eigenvalue weighted by Crippen LogP contribution is -2.45. The number of rotatable bonds is 4. The molecule has 11 heteroatoms. The number of hydrogen-bond acceptors (Lipinski definition) is 5. The van der Waals surface area contributed by atoms with Crippen LogP contribution < -0.4 is 5.32 Å². The molecule has 4 heterocycles. The van der Waals surface area contributed by atoms with Crippen molar-refractivity contribution < 1.29 is 28.2 Å². The fourth-order valence-corrected chi connectivity index (χ4v) is 4.52. The fourth-order valence-electron chi connectivity index (χ4n) is 4.52. The monoisotopic (exact) mass is 497 g/mol. The molecule has 1 aromatic carbocycles. The molecule has 0 bridgehead atoms. The van der Waals surface area contributed by atoms with Crippen LogP contribution in [-0.4, -0.2) is 68.6 Å². The highest BCUT2D eigenvalue weighted by molar-refractivity contribution is 6.13. The molecule has 36 heavy (non-hydrogen) atoms. The SMILES string of the molecule is Cc1ccn2c(C[C@H]3CN(C(=O)O)CCO3)c(-c3c(F)cc(C4=NC(=O)C(C)(C)N4)cc3F)nc2c1. The van der Waals surface area contributed by atoms with E-state index in [2.05, 4.69) is 15.3 Å². The van der Waals surface area contributed by atoms with Crippen molar-refractivity contribution in [2.24, 2.45) is 4.99 Å². The molecule has 0 saturated carbocycles. The van der Waals surface area contributed by atoms with Gasteiger partial charge in [-0.2, -0.15) is 4.99 Å². The molecule has 2 amide bonds. The van der Waals surface area contributed by atoms with Gasteiger partial charge in [-0.1, -0.05) is 0 Å². The van der Waals surface area contributed by atoms with Crippen molar-refractivity contribution in [3.63, 3.8) is 0 Å². The summed E-state index contributed by atoms with van der Waals surface area (Å²) >= 11 is 0. The summed E-state index contributed by atoms with van der Waals surface area (Å²) in [4.78, 5) is 33.2. The van der Waals surface area contributed by atoms with Gasteiger partial charge in [0.1, 0.15) is 28.7 Å². The number of carbonyl (C=O) groups excluding carboxylic acids is 1. The Bertz CT molecular complexity index is 1410. The van der Waals surface area contributed by atoms with Gasteiger partial charge in [0.05, 0.1) is 36.2 Å². The molecule has 0 aliphatic carbocycles. The Morgan fingerprint density at radius 3 is 2.64 bits per heavy atom. The van der Waals surface area contributed by atoms with Crippen LogP contribution in [0, 0.1) is 18.6 Å². The Balaban J connectivity index is 1.58. The molecular formula is C25H25F2N5O4. The van der Waals surface area contributed by atoms with Crippen LogP contribution >= 0.6 is 0 Å². The van der Waals surface area contributed by atoms with Crippen LogP contribution in [0.2, 0.25) is 0 Å². The number of carbonyl (C=O) groups is 2. The minimum Gasteiger partial charge on any atom is -0.465 e. The maximum Gasteiger partial charge on any atom is 0.407 e.